The van der Waals surface area contributed by atoms with Crippen LogP contribution < -0.4 is 0 Å². The van der Waals surface area contributed by atoms with Gasteiger partial charge < -0.3 is 4.90 Å². The fourth-order valence-electron chi connectivity index (χ4n) is 2.98. The van der Waals surface area contributed by atoms with Gasteiger partial charge >= 0.3 is 0 Å². The second-order valence-corrected chi connectivity index (χ2v) is 7.67. The molecule has 4 nitrogen and oxygen atoms in total. The van der Waals surface area contributed by atoms with Crippen LogP contribution in [0.2, 0.25) is 5.02 Å². The largest absolute Gasteiger partial charge is 0.341 e. The van der Waals surface area contributed by atoms with Crippen LogP contribution in [0.25, 0.3) is 0 Å². The lowest BCUT2D eigenvalue weighted by Gasteiger charge is -2.22. The van der Waals surface area contributed by atoms with E-state index in [2.05, 4.69) is 22.0 Å². The van der Waals surface area contributed by atoms with Gasteiger partial charge in [-0.3, -0.25) is 9.69 Å². The predicted molar refractivity (Wildman–Crippen MR) is 98.5 cm³/mol. The zero-order chi connectivity index (χ0) is 16.9. The minimum absolute atomic E-state index is 0.189. The molecule has 1 aromatic heterocycles. The number of carbonyl (C=O) groups is 1. The van der Waals surface area contributed by atoms with Crippen molar-refractivity contribution in [1.82, 2.24) is 14.8 Å². The van der Waals surface area contributed by atoms with Crippen LogP contribution in [-0.4, -0.2) is 46.9 Å². The molecule has 0 unspecified atom stereocenters. The van der Waals surface area contributed by atoms with E-state index in [0.717, 1.165) is 54.9 Å². The van der Waals surface area contributed by atoms with Crippen molar-refractivity contribution < 1.29 is 4.79 Å². The van der Waals surface area contributed by atoms with Gasteiger partial charge in [0.15, 0.2) is 0 Å². The predicted octanol–water partition coefficient (Wildman–Crippen LogP) is 3.38. The number of aromatic nitrogens is 1. The smallest absolute Gasteiger partial charge is 0.228 e. The highest BCUT2D eigenvalue weighted by Crippen LogP contribution is 2.14. The first-order chi connectivity index (χ1) is 11.6. The average molecular weight is 364 g/mol. The summed E-state index contributed by atoms with van der Waals surface area (Å²) in [5.41, 5.74) is 2.15. The first-order valence-corrected chi connectivity index (χ1v) is 9.51. The van der Waals surface area contributed by atoms with E-state index in [0.29, 0.717) is 6.42 Å². The monoisotopic (exact) mass is 363 g/mol. The second kappa shape index (κ2) is 8.10. The summed E-state index contributed by atoms with van der Waals surface area (Å²) in [5.74, 6) is 0.189. The number of benzene rings is 1. The van der Waals surface area contributed by atoms with Crippen molar-refractivity contribution in [1.29, 1.82) is 0 Å². The van der Waals surface area contributed by atoms with Crippen LogP contribution in [-0.2, 0) is 17.8 Å². The number of carbonyl (C=O) groups excluding carboxylic acids is 1. The lowest BCUT2D eigenvalue weighted by atomic mass is 10.2. The molecule has 0 saturated carbocycles. The highest BCUT2D eigenvalue weighted by molar-refractivity contribution is 7.09. The molecule has 0 spiro atoms. The number of hydrogen-bond acceptors (Lipinski definition) is 4. The summed E-state index contributed by atoms with van der Waals surface area (Å²) in [6, 6.07) is 8.00. The van der Waals surface area contributed by atoms with Gasteiger partial charge in [-0.05, 0) is 31.0 Å². The average Bonchev–Trinajstić information content (AvgIpc) is 2.83. The first kappa shape index (κ1) is 17.4. The number of aryl methyl sites for hydroxylation is 1. The highest BCUT2D eigenvalue weighted by Gasteiger charge is 2.20. The van der Waals surface area contributed by atoms with Crippen LogP contribution in [0.1, 0.15) is 22.7 Å². The molecule has 3 rings (SSSR count). The number of thiazole rings is 1. The molecule has 24 heavy (non-hydrogen) atoms. The molecular formula is C18H22ClN3OS. The summed E-state index contributed by atoms with van der Waals surface area (Å²) in [7, 11) is 0. The van der Waals surface area contributed by atoms with Crippen molar-refractivity contribution in [2.45, 2.75) is 26.3 Å². The summed E-state index contributed by atoms with van der Waals surface area (Å²) in [4.78, 5) is 21.3. The van der Waals surface area contributed by atoms with E-state index in [9.17, 15) is 4.79 Å². The van der Waals surface area contributed by atoms with Crippen LogP contribution in [0.5, 0.6) is 0 Å². The van der Waals surface area contributed by atoms with E-state index in [1.807, 2.05) is 29.3 Å². The normalized spacial score (nSPS) is 16.2. The van der Waals surface area contributed by atoms with Gasteiger partial charge in [0.2, 0.25) is 5.91 Å². The molecular weight excluding hydrogens is 342 g/mol. The van der Waals surface area contributed by atoms with Crippen LogP contribution >= 0.6 is 22.9 Å². The van der Waals surface area contributed by atoms with E-state index in [1.54, 1.807) is 11.3 Å². The molecule has 1 fully saturated rings. The third-order valence-corrected chi connectivity index (χ3v) is 5.33. The van der Waals surface area contributed by atoms with E-state index >= 15 is 0 Å². The Morgan fingerprint density at radius 2 is 2.00 bits per heavy atom. The lowest BCUT2D eigenvalue weighted by Crippen LogP contribution is -2.36. The van der Waals surface area contributed by atoms with Crippen molar-refractivity contribution in [3.05, 3.63) is 50.9 Å². The van der Waals surface area contributed by atoms with Crippen molar-refractivity contribution in [2.75, 3.05) is 26.2 Å². The van der Waals surface area contributed by atoms with Gasteiger partial charge in [0.25, 0.3) is 0 Å². The van der Waals surface area contributed by atoms with E-state index in [-0.39, 0.29) is 5.91 Å². The minimum Gasteiger partial charge on any atom is -0.341 e. The molecule has 2 aromatic rings. The first-order valence-electron chi connectivity index (χ1n) is 8.26. The third kappa shape index (κ3) is 4.79. The van der Waals surface area contributed by atoms with Gasteiger partial charge in [-0.2, -0.15) is 0 Å². The Hall–Kier alpha value is -1.43. The van der Waals surface area contributed by atoms with Crippen LogP contribution in [0.3, 0.4) is 0 Å². The van der Waals surface area contributed by atoms with Crippen molar-refractivity contribution in [2.24, 2.45) is 0 Å². The molecule has 1 amide bonds. The van der Waals surface area contributed by atoms with Gasteiger partial charge in [-0.25, -0.2) is 4.98 Å². The number of halogens is 1. The molecule has 1 saturated heterocycles. The second-order valence-electron chi connectivity index (χ2n) is 6.17. The van der Waals surface area contributed by atoms with Gasteiger partial charge in [-0.1, -0.05) is 23.7 Å². The number of rotatable bonds is 4. The molecule has 1 aromatic carbocycles. The SMILES string of the molecule is Cc1nc(CC(=O)N2CCCN(Cc3ccc(Cl)cc3)CC2)cs1. The van der Waals surface area contributed by atoms with Crippen LogP contribution in [0.4, 0.5) is 0 Å². The fraction of sp³-hybridized carbons (Fsp3) is 0.444. The van der Waals surface area contributed by atoms with Crippen LogP contribution in [0, 0.1) is 6.92 Å². The molecule has 1 aliphatic rings. The maximum Gasteiger partial charge on any atom is 0.228 e. The number of hydrogen-bond donors (Lipinski definition) is 0. The van der Waals surface area contributed by atoms with Gasteiger partial charge in [0.05, 0.1) is 17.1 Å². The van der Waals surface area contributed by atoms with Crippen molar-refractivity contribution in [3.63, 3.8) is 0 Å². The number of amides is 1. The number of nitrogens with zero attached hydrogens (tertiary/aromatic N) is 3. The Morgan fingerprint density at radius 1 is 1.21 bits per heavy atom. The van der Waals surface area contributed by atoms with E-state index in [1.165, 1.54) is 5.56 Å². The zero-order valence-electron chi connectivity index (χ0n) is 13.9. The molecule has 0 N–H and O–H groups in total. The maximum absolute atomic E-state index is 12.5. The Morgan fingerprint density at radius 3 is 2.71 bits per heavy atom. The van der Waals surface area contributed by atoms with Crippen molar-refractivity contribution in [3.8, 4) is 0 Å². The summed E-state index contributed by atoms with van der Waals surface area (Å²) in [5, 5.41) is 3.77. The summed E-state index contributed by atoms with van der Waals surface area (Å²) in [6.45, 7) is 6.42. The zero-order valence-corrected chi connectivity index (χ0v) is 15.4. The van der Waals surface area contributed by atoms with Gasteiger partial charge in [-0.15, -0.1) is 11.3 Å². The molecule has 1 aliphatic heterocycles. The summed E-state index contributed by atoms with van der Waals surface area (Å²) >= 11 is 7.54. The molecule has 0 atom stereocenters. The highest BCUT2D eigenvalue weighted by atomic mass is 35.5. The van der Waals surface area contributed by atoms with E-state index < -0.39 is 0 Å². The molecule has 2 heterocycles. The fourth-order valence-corrected chi connectivity index (χ4v) is 3.72. The summed E-state index contributed by atoms with van der Waals surface area (Å²) in [6.07, 6.45) is 1.43. The molecule has 0 aliphatic carbocycles. The maximum atomic E-state index is 12.5. The molecule has 0 bridgehead atoms. The van der Waals surface area contributed by atoms with Crippen molar-refractivity contribution >= 4 is 28.8 Å². The van der Waals surface area contributed by atoms with Gasteiger partial charge in [0.1, 0.15) is 0 Å². The molecule has 128 valence electrons. The Balaban J connectivity index is 1.52. The van der Waals surface area contributed by atoms with Crippen LogP contribution in [0.15, 0.2) is 29.6 Å². The minimum atomic E-state index is 0.189. The summed E-state index contributed by atoms with van der Waals surface area (Å²) < 4.78 is 0. The van der Waals surface area contributed by atoms with E-state index in [4.69, 9.17) is 11.6 Å². The Kier molecular flexibility index (Phi) is 5.87. The quantitative estimate of drug-likeness (QED) is 0.835. The lowest BCUT2D eigenvalue weighted by molar-refractivity contribution is -0.130. The molecule has 6 heteroatoms. The third-order valence-electron chi connectivity index (χ3n) is 4.26. The Labute approximate surface area is 152 Å². The Bertz CT molecular complexity index is 686. The molecule has 0 radical (unpaired) electrons. The standard InChI is InChI=1S/C18H22ClN3OS/c1-14-20-17(13-24-14)11-18(23)22-8-2-7-21(9-10-22)12-15-3-5-16(19)6-4-15/h3-6,13H,2,7-12H2,1H3. The van der Waals surface area contributed by atoms with Gasteiger partial charge in [0, 0.05) is 43.1 Å². The topological polar surface area (TPSA) is 36.4 Å².